The molecule has 0 aromatic heterocycles. The summed E-state index contributed by atoms with van der Waals surface area (Å²) in [6.07, 6.45) is 97.9. The average Bonchev–Trinajstić information content (AvgIpc) is 3.49. The molecule has 0 N–H and O–H groups in total. The maximum absolute atomic E-state index is 12.9. The van der Waals surface area contributed by atoms with E-state index in [2.05, 4.69) is 142 Å². The highest BCUT2D eigenvalue weighted by Crippen LogP contribution is 2.16. The fourth-order valence-corrected chi connectivity index (χ4v) is 9.68. The molecular formula is C77H130O6. The predicted molar refractivity (Wildman–Crippen MR) is 362 cm³/mol. The zero-order valence-corrected chi connectivity index (χ0v) is 54.4. The Labute approximate surface area is 513 Å². The lowest BCUT2D eigenvalue weighted by molar-refractivity contribution is -0.167. The van der Waals surface area contributed by atoms with E-state index in [0.717, 1.165) is 122 Å². The van der Waals surface area contributed by atoms with Gasteiger partial charge in [-0.1, -0.05) is 296 Å². The topological polar surface area (TPSA) is 78.9 Å². The Kier molecular flexibility index (Phi) is 66.7. The van der Waals surface area contributed by atoms with E-state index in [-0.39, 0.29) is 31.1 Å². The predicted octanol–water partition coefficient (Wildman–Crippen LogP) is 24.3. The van der Waals surface area contributed by atoms with Crippen LogP contribution in [0.15, 0.2) is 122 Å². The third-order valence-electron chi connectivity index (χ3n) is 14.9. The van der Waals surface area contributed by atoms with E-state index < -0.39 is 6.10 Å². The Hall–Kier alpha value is -4.19. The van der Waals surface area contributed by atoms with Crippen LogP contribution in [0.25, 0.3) is 0 Å². The molecular weight excluding hydrogens is 1020 g/mol. The van der Waals surface area contributed by atoms with E-state index in [0.29, 0.717) is 19.3 Å². The number of ether oxygens (including phenoxy) is 3. The van der Waals surface area contributed by atoms with Crippen LogP contribution >= 0.6 is 0 Å². The number of unbranched alkanes of at least 4 members (excludes halogenated alkanes) is 32. The standard InChI is InChI=1S/C77H130O6/c1-4-7-10-13-16-19-22-25-28-30-32-33-34-35-36-37-38-39-40-41-42-43-44-45-46-48-49-52-55-58-61-64-67-70-76(79)82-73-74(72-81-75(78)69-66-63-60-57-54-51-27-24-21-18-15-12-9-6-3)83-77(80)71-68-65-62-59-56-53-50-47-31-29-26-23-20-17-14-11-8-5-2/h7,10,16,19-20,23-25,27-29,31-33,35-36,38-39,41-42,74H,4-6,8-9,11-15,17-18,21-22,26,30,34,37,40,43-73H2,1-3H3/b10-7-,19-16-,23-20-,27-24-,28-25-,31-29-,33-32-,36-35-,39-38-,42-41-. The minimum atomic E-state index is -0.790. The summed E-state index contributed by atoms with van der Waals surface area (Å²) in [5.74, 6) is -0.894. The van der Waals surface area contributed by atoms with Crippen molar-refractivity contribution in [2.45, 2.75) is 335 Å². The number of hydrogen-bond acceptors (Lipinski definition) is 6. The van der Waals surface area contributed by atoms with Gasteiger partial charge in [0, 0.05) is 19.3 Å². The first-order chi connectivity index (χ1) is 41.0. The summed E-state index contributed by atoms with van der Waals surface area (Å²) < 4.78 is 17.0. The summed E-state index contributed by atoms with van der Waals surface area (Å²) >= 11 is 0. The number of rotatable bonds is 63. The van der Waals surface area contributed by atoms with Gasteiger partial charge in [-0.15, -0.1) is 0 Å². The first-order valence-corrected chi connectivity index (χ1v) is 35.0. The van der Waals surface area contributed by atoms with Crippen molar-refractivity contribution in [3.8, 4) is 0 Å². The second kappa shape index (κ2) is 70.3. The van der Waals surface area contributed by atoms with Gasteiger partial charge < -0.3 is 14.2 Å². The summed E-state index contributed by atoms with van der Waals surface area (Å²) in [5.41, 5.74) is 0. The molecule has 0 radical (unpaired) electrons. The summed E-state index contributed by atoms with van der Waals surface area (Å²) in [5, 5.41) is 0. The van der Waals surface area contributed by atoms with Crippen molar-refractivity contribution in [3.63, 3.8) is 0 Å². The fourth-order valence-electron chi connectivity index (χ4n) is 9.68. The van der Waals surface area contributed by atoms with Gasteiger partial charge in [0.25, 0.3) is 0 Å². The lowest BCUT2D eigenvalue weighted by atomic mass is 10.0. The molecule has 0 rings (SSSR count). The van der Waals surface area contributed by atoms with Crippen molar-refractivity contribution in [2.24, 2.45) is 0 Å². The zero-order chi connectivity index (χ0) is 59.9. The smallest absolute Gasteiger partial charge is 0.306 e. The molecule has 0 saturated heterocycles. The Bertz CT molecular complexity index is 1700. The van der Waals surface area contributed by atoms with Gasteiger partial charge in [-0.25, -0.2) is 0 Å². The number of carbonyl (C=O) groups is 3. The normalized spacial score (nSPS) is 12.9. The Morgan fingerprint density at radius 2 is 0.470 bits per heavy atom. The Morgan fingerprint density at radius 3 is 0.759 bits per heavy atom. The number of hydrogen-bond donors (Lipinski definition) is 0. The molecule has 0 amide bonds. The van der Waals surface area contributed by atoms with Crippen LogP contribution in [0.3, 0.4) is 0 Å². The highest BCUT2D eigenvalue weighted by Gasteiger charge is 2.19. The fraction of sp³-hybridized carbons (Fsp3) is 0.701. The number of carbonyl (C=O) groups excluding carboxylic acids is 3. The van der Waals surface area contributed by atoms with E-state index >= 15 is 0 Å². The summed E-state index contributed by atoms with van der Waals surface area (Å²) in [6, 6.07) is 0. The third-order valence-corrected chi connectivity index (χ3v) is 14.9. The van der Waals surface area contributed by atoms with Crippen molar-refractivity contribution in [1.29, 1.82) is 0 Å². The van der Waals surface area contributed by atoms with E-state index in [1.54, 1.807) is 0 Å². The quantitative estimate of drug-likeness (QED) is 0.0261. The van der Waals surface area contributed by atoms with Crippen molar-refractivity contribution < 1.29 is 28.6 Å². The molecule has 0 spiro atoms. The van der Waals surface area contributed by atoms with E-state index in [1.807, 2.05) is 0 Å². The van der Waals surface area contributed by atoms with E-state index in [9.17, 15) is 14.4 Å². The lowest BCUT2D eigenvalue weighted by Crippen LogP contribution is -2.30. The second-order valence-corrected chi connectivity index (χ2v) is 23.1. The largest absolute Gasteiger partial charge is 0.462 e. The van der Waals surface area contributed by atoms with Gasteiger partial charge >= 0.3 is 17.9 Å². The molecule has 0 heterocycles. The molecule has 0 bridgehead atoms. The van der Waals surface area contributed by atoms with Crippen molar-refractivity contribution in [2.75, 3.05) is 13.2 Å². The molecule has 474 valence electrons. The van der Waals surface area contributed by atoms with Crippen molar-refractivity contribution in [1.82, 2.24) is 0 Å². The van der Waals surface area contributed by atoms with Crippen LogP contribution in [0.4, 0.5) is 0 Å². The van der Waals surface area contributed by atoms with Crippen LogP contribution in [0.2, 0.25) is 0 Å². The number of allylic oxidation sites excluding steroid dienone is 20. The van der Waals surface area contributed by atoms with Gasteiger partial charge in [0.1, 0.15) is 13.2 Å². The molecule has 6 heteroatoms. The summed E-state index contributed by atoms with van der Waals surface area (Å²) in [4.78, 5) is 38.4. The van der Waals surface area contributed by atoms with Crippen molar-refractivity contribution >= 4 is 17.9 Å². The minimum Gasteiger partial charge on any atom is -0.462 e. The SMILES string of the molecule is CC/C=C\C/C=C\C/C=C\C/C=C\C/C=C\C/C=C\C/C=C\CCCCCCCCCCCCCC(=O)OCC(COC(=O)CCCCCCC/C=C\CCCCCCC)OC(=O)CCCCCCCCC/C=C\C/C=C\CCCCCC. The molecule has 0 aromatic carbocycles. The van der Waals surface area contributed by atoms with Gasteiger partial charge in [-0.3, -0.25) is 14.4 Å². The molecule has 1 atom stereocenters. The summed E-state index contributed by atoms with van der Waals surface area (Å²) in [7, 11) is 0. The Balaban J connectivity index is 4.28. The third kappa shape index (κ3) is 68.5. The van der Waals surface area contributed by atoms with Crippen LogP contribution in [0.5, 0.6) is 0 Å². The summed E-state index contributed by atoms with van der Waals surface area (Å²) in [6.45, 7) is 6.51. The maximum Gasteiger partial charge on any atom is 0.306 e. The minimum absolute atomic E-state index is 0.0854. The van der Waals surface area contributed by atoms with Crippen molar-refractivity contribution in [3.05, 3.63) is 122 Å². The van der Waals surface area contributed by atoms with Gasteiger partial charge in [0.2, 0.25) is 0 Å². The molecule has 0 aromatic rings. The van der Waals surface area contributed by atoms with Gasteiger partial charge in [0.05, 0.1) is 0 Å². The molecule has 1 unspecified atom stereocenters. The monoisotopic (exact) mass is 1150 g/mol. The molecule has 0 fully saturated rings. The molecule has 0 saturated carbocycles. The molecule has 83 heavy (non-hydrogen) atoms. The van der Waals surface area contributed by atoms with E-state index in [4.69, 9.17) is 14.2 Å². The first-order valence-electron chi connectivity index (χ1n) is 35.0. The van der Waals surface area contributed by atoms with Crippen LogP contribution < -0.4 is 0 Å². The maximum atomic E-state index is 12.9. The second-order valence-electron chi connectivity index (χ2n) is 23.1. The van der Waals surface area contributed by atoms with Crippen LogP contribution in [-0.4, -0.2) is 37.2 Å². The van der Waals surface area contributed by atoms with Crippen LogP contribution in [0, 0.1) is 0 Å². The van der Waals surface area contributed by atoms with Gasteiger partial charge in [0.15, 0.2) is 6.10 Å². The molecule has 0 aliphatic carbocycles. The van der Waals surface area contributed by atoms with Gasteiger partial charge in [-0.05, 0) is 135 Å². The van der Waals surface area contributed by atoms with Crippen LogP contribution in [0.1, 0.15) is 329 Å². The molecule has 6 nitrogen and oxygen atoms in total. The van der Waals surface area contributed by atoms with Crippen LogP contribution in [-0.2, 0) is 28.6 Å². The lowest BCUT2D eigenvalue weighted by Gasteiger charge is -2.18. The zero-order valence-electron chi connectivity index (χ0n) is 54.4. The molecule has 0 aliphatic rings. The first kappa shape index (κ1) is 78.8. The average molecular weight is 1150 g/mol. The highest BCUT2D eigenvalue weighted by molar-refractivity contribution is 5.71. The number of esters is 3. The van der Waals surface area contributed by atoms with E-state index in [1.165, 1.54) is 167 Å². The van der Waals surface area contributed by atoms with Gasteiger partial charge in [-0.2, -0.15) is 0 Å². The highest BCUT2D eigenvalue weighted by atomic mass is 16.6. The Morgan fingerprint density at radius 1 is 0.253 bits per heavy atom. The molecule has 0 aliphatic heterocycles.